The van der Waals surface area contributed by atoms with Crippen LogP contribution in [0, 0.1) is 5.92 Å². The Labute approximate surface area is 134 Å². The summed E-state index contributed by atoms with van der Waals surface area (Å²) in [4.78, 5) is 23.7. The first-order chi connectivity index (χ1) is 11.0. The smallest absolute Gasteiger partial charge is 0.326 e. The summed E-state index contributed by atoms with van der Waals surface area (Å²) in [5.41, 5.74) is 0.295. The fourth-order valence-electron chi connectivity index (χ4n) is 2.09. The van der Waals surface area contributed by atoms with Gasteiger partial charge in [-0.15, -0.1) is 0 Å². The van der Waals surface area contributed by atoms with Crippen molar-refractivity contribution in [2.24, 2.45) is 5.92 Å². The summed E-state index contributed by atoms with van der Waals surface area (Å²) in [6, 6.07) is 14.9. The van der Waals surface area contributed by atoms with Crippen molar-refractivity contribution in [1.29, 1.82) is 0 Å². The fraction of sp³-hybridized carbons (Fsp3) is 0.222. The van der Waals surface area contributed by atoms with Gasteiger partial charge in [0, 0.05) is 0 Å². The highest BCUT2D eigenvalue weighted by atomic mass is 16.5. The molecule has 2 N–H and O–H groups in total. The van der Waals surface area contributed by atoms with Crippen LogP contribution in [0.2, 0.25) is 0 Å². The van der Waals surface area contributed by atoms with E-state index in [1.807, 2.05) is 18.2 Å². The molecular weight excluding hydrogens is 294 g/mol. The molecule has 0 heterocycles. The van der Waals surface area contributed by atoms with E-state index in [2.05, 4.69) is 5.32 Å². The van der Waals surface area contributed by atoms with Crippen molar-refractivity contribution in [3.05, 3.63) is 60.2 Å². The zero-order valence-electron chi connectivity index (χ0n) is 13.0. The lowest BCUT2D eigenvalue weighted by Crippen LogP contribution is -2.44. The predicted octanol–water partition coefficient (Wildman–Crippen LogP) is 3.32. The van der Waals surface area contributed by atoms with E-state index in [1.165, 1.54) is 0 Å². The van der Waals surface area contributed by atoms with Gasteiger partial charge < -0.3 is 15.2 Å². The molecule has 0 saturated heterocycles. The molecule has 2 rings (SSSR count). The lowest BCUT2D eigenvalue weighted by atomic mass is 10.0. The number of carbonyl (C=O) groups excluding carboxylic acids is 1. The minimum atomic E-state index is -1.06. The summed E-state index contributed by atoms with van der Waals surface area (Å²) in [5.74, 6) is -0.776. The van der Waals surface area contributed by atoms with Gasteiger partial charge in [0.25, 0.3) is 5.91 Å². The minimum Gasteiger partial charge on any atom is -0.480 e. The molecule has 0 aliphatic rings. The Bertz CT molecular complexity index is 682. The van der Waals surface area contributed by atoms with Gasteiger partial charge in [0.1, 0.15) is 17.5 Å². The maximum atomic E-state index is 12.4. The fourth-order valence-corrected chi connectivity index (χ4v) is 2.09. The van der Waals surface area contributed by atoms with Gasteiger partial charge in [-0.1, -0.05) is 44.2 Å². The molecule has 2 aromatic carbocycles. The summed E-state index contributed by atoms with van der Waals surface area (Å²) in [5, 5.41) is 11.7. The van der Waals surface area contributed by atoms with Crippen LogP contribution in [-0.2, 0) is 4.79 Å². The van der Waals surface area contributed by atoms with Gasteiger partial charge in [-0.3, -0.25) is 4.79 Å². The zero-order chi connectivity index (χ0) is 16.8. The highest BCUT2D eigenvalue weighted by molar-refractivity contribution is 5.99. The number of ether oxygens (including phenoxy) is 1. The summed E-state index contributed by atoms with van der Waals surface area (Å²) >= 11 is 0. The summed E-state index contributed by atoms with van der Waals surface area (Å²) in [6.07, 6.45) is 0. The molecule has 0 aliphatic heterocycles. The Balaban J connectivity index is 2.22. The van der Waals surface area contributed by atoms with E-state index in [-0.39, 0.29) is 5.92 Å². The van der Waals surface area contributed by atoms with Crippen LogP contribution in [0.1, 0.15) is 24.2 Å². The number of rotatable bonds is 6. The van der Waals surface area contributed by atoms with Crippen molar-refractivity contribution in [2.75, 3.05) is 0 Å². The minimum absolute atomic E-state index is 0.223. The molecule has 120 valence electrons. The summed E-state index contributed by atoms with van der Waals surface area (Å²) in [6.45, 7) is 3.48. The number of carbonyl (C=O) groups is 2. The molecule has 0 fully saturated rings. The molecule has 0 spiro atoms. The third kappa shape index (κ3) is 4.32. The second kappa shape index (κ2) is 7.45. The molecule has 5 heteroatoms. The highest BCUT2D eigenvalue weighted by Gasteiger charge is 2.25. The molecule has 0 aliphatic carbocycles. The molecule has 0 bridgehead atoms. The number of hydrogen-bond donors (Lipinski definition) is 2. The van der Waals surface area contributed by atoms with E-state index < -0.39 is 17.9 Å². The van der Waals surface area contributed by atoms with Crippen molar-refractivity contribution in [1.82, 2.24) is 5.32 Å². The number of amides is 1. The van der Waals surface area contributed by atoms with Gasteiger partial charge >= 0.3 is 5.97 Å². The zero-order valence-corrected chi connectivity index (χ0v) is 13.0. The average Bonchev–Trinajstić information content (AvgIpc) is 2.53. The van der Waals surface area contributed by atoms with Crippen molar-refractivity contribution >= 4 is 11.9 Å². The first-order valence-electron chi connectivity index (χ1n) is 7.34. The number of aliphatic carboxylic acids is 1. The van der Waals surface area contributed by atoms with Crippen molar-refractivity contribution < 1.29 is 19.4 Å². The van der Waals surface area contributed by atoms with Gasteiger partial charge in [-0.05, 0) is 30.2 Å². The standard InChI is InChI=1S/C18H19NO4/c1-12(2)16(18(21)22)19-17(20)14-10-6-7-11-15(14)23-13-8-4-3-5-9-13/h3-12,16H,1-2H3,(H,19,20)(H,21,22)/t16-/m0/s1. The lowest BCUT2D eigenvalue weighted by molar-refractivity contribution is -0.140. The quantitative estimate of drug-likeness (QED) is 0.858. The Hall–Kier alpha value is -2.82. The van der Waals surface area contributed by atoms with Crippen LogP contribution in [-0.4, -0.2) is 23.0 Å². The van der Waals surface area contributed by atoms with Gasteiger partial charge in [-0.25, -0.2) is 4.79 Å². The first-order valence-corrected chi connectivity index (χ1v) is 7.34. The van der Waals surface area contributed by atoms with Crippen molar-refractivity contribution in [3.63, 3.8) is 0 Å². The maximum absolute atomic E-state index is 12.4. The molecule has 5 nitrogen and oxygen atoms in total. The monoisotopic (exact) mass is 313 g/mol. The molecule has 1 amide bonds. The van der Waals surface area contributed by atoms with E-state index in [4.69, 9.17) is 4.74 Å². The molecular formula is C18H19NO4. The van der Waals surface area contributed by atoms with Crippen LogP contribution >= 0.6 is 0 Å². The predicted molar refractivity (Wildman–Crippen MR) is 86.7 cm³/mol. The number of para-hydroxylation sites is 2. The van der Waals surface area contributed by atoms with Crippen LogP contribution in [0.25, 0.3) is 0 Å². The van der Waals surface area contributed by atoms with Gasteiger partial charge in [0.15, 0.2) is 0 Å². The Morgan fingerprint density at radius 2 is 1.61 bits per heavy atom. The van der Waals surface area contributed by atoms with E-state index >= 15 is 0 Å². The van der Waals surface area contributed by atoms with E-state index in [0.717, 1.165) is 0 Å². The molecule has 2 aromatic rings. The maximum Gasteiger partial charge on any atom is 0.326 e. The lowest BCUT2D eigenvalue weighted by Gasteiger charge is -2.19. The first kappa shape index (κ1) is 16.5. The Kier molecular flexibility index (Phi) is 5.36. The topological polar surface area (TPSA) is 75.6 Å². The highest BCUT2D eigenvalue weighted by Crippen LogP contribution is 2.25. The number of carboxylic acids is 1. The normalized spacial score (nSPS) is 11.8. The van der Waals surface area contributed by atoms with E-state index in [9.17, 15) is 14.7 Å². The van der Waals surface area contributed by atoms with Gasteiger partial charge in [0.05, 0.1) is 5.56 Å². The molecule has 0 unspecified atom stereocenters. The second-order valence-electron chi connectivity index (χ2n) is 5.44. The van der Waals surface area contributed by atoms with Crippen molar-refractivity contribution in [3.8, 4) is 11.5 Å². The number of benzene rings is 2. The number of carboxylic acid groups (broad SMARTS) is 1. The summed E-state index contributed by atoms with van der Waals surface area (Å²) < 4.78 is 5.72. The molecule has 1 atom stereocenters. The average molecular weight is 313 g/mol. The molecule has 0 saturated carbocycles. The van der Waals surface area contributed by atoms with Crippen LogP contribution in [0.4, 0.5) is 0 Å². The SMILES string of the molecule is CC(C)[C@H](NC(=O)c1ccccc1Oc1ccccc1)C(=O)O. The number of nitrogens with one attached hydrogen (secondary N) is 1. The Morgan fingerprint density at radius 3 is 2.22 bits per heavy atom. The summed E-state index contributed by atoms with van der Waals surface area (Å²) in [7, 11) is 0. The van der Waals surface area contributed by atoms with Crippen LogP contribution in [0.5, 0.6) is 11.5 Å². The third-order valence-electron chi connectivity index (χ3n) is 3.32. The second-order valence-corrected chi connectivity index (χ2v) is 5.44. The van der Waals surface area contributed by atoms with Crippen LogP contribution < -0.4 is 10.1 Å². The third-order valence-corrected chi connectivity index (χ3v) is 3.32. The molecule has 0 aromatic heterocycles. The molecule has 0 radical (unpaired) electrons. The Morgan fingerprint density at radius 1 is 1.00 bits per heavy atom. The van der Waals surface area contributed by atoms with Crippen LogP contribution in [0.3, 0.4) is 0 Å². The molecule has 23 heavy (non-hydrogen) atoms. The van der Waals surface area contributed by atoms with Gasteiger partial charge in [-0.2, -0.15) is 0 Å². The number of hydrogen-bond acceptors (Lipinski definition) is 3. The van der Waals surface area contributed by atoms with Crippen LogP contribution in [0.15, 0.2) is 54.6 Å². The van der Waals surface area contributed by atoms with Crippen molar-refractivity contribution in [2.45, 2.75) is 19.9 Å². The van der Waals surface area contributed by atoms with E-state index in [0.29, 0.717) is 17.1 Å². The van der Waals surface area contributed by atoms with Gasteiger partial charge in [0.2, 0.25) is 0 Å². The van der Waals surface area contributed by atoms with E-state index in [1.54, 1.807) is 50.2 Å². The largest absolute Gasteiger partial charge is 0.480 e.